The van der Waals surface area contributed by atoms with Crippen molar-refractivity contribution in [2.75, 3.05) is 20.3 Å². The Morgan fingerprint density at radius 1 is 0.932 bits per heavy atom. The van der Waals surface area contributed by atoms with E-state index in [1.54, 1.807) is 13.8 Å². The van der Waals surface area contributed by atoms with Crippen LogP contribution in [0, 0.1) is 5.82 Å². The summed E-state index contributed by atoms with van der Waals surface area (Å²) in [5.74, 6) is -1.18. The van der Waals surface area contributed by atoms with Crippen LogP contribution in [0.1, 0.15) is 68.7 Å². The van der Waals surface area contributed by atoms with E-state index in [0.29, 0.717) is 25.0 Å². The fraction of sp³-hybridized carbons (Fsp3) is 0.533. The van der Waals surface area contributed by atoms with Crippen molar-refractivity contribution in [2.45, 2.75) is 82.8 Å². The van der Waals surface area contributed by atoms with Gasteiger partial charge in [0.1, 0.15) is 11.3 Å². The van der Waals surface area contributed by atoms with Crippen LogP contribution in [0.15, 0.2) is 30.3 Å². The van der Waals surface area contributed by atoms with Gasteiger partial charge in [-0.3, -0.25) is 9.69 Å². The quantitative estimate of drug-likeness (QED) is 0.146. The van der Waals surface area contributed by atoms with E-state index >= 15 is 0 Å². The number of hydrogen-bond donors (Lipinski definition) is 2. The van der Waals surface area contributed by atoms with Crippen molar-refractivity contribution in [3.8, 4) is 11.5 Å². The smallest absolute Gasteiger partial charge is 0.430 e. The average molecular weight is 637 g/mol. The van der Waals surface area contributed by atoms with Gasteiger partial charge in [0.15, 0.2) is 11.6 Å². The second kappa shape index (κ2) is 13.2. The van der Waals surface area contributed by atoms with Crippen molar-refractivity contribution in [1.29, 1.82) is 0 Å². The number of hydrogen-bond acceptors (Lipinski definition) is 5. The SMILES string of the molecule is CCCc1cc(C(O)(C(F)(F)F)C(F)(F)F)cc(CCC)c1OCCCCN1C(=O)NC(C)(c2ccc(OC)c(F)c2)C1=O. The van der Waals surface area contributed by atoms with E-state index in [9.17, 15) is 45.4 Å². The Kier molecular flexibility index (Phi) is 10.5. The van der Waals surface area contributed by atoms with Crippen LogP contribution < -0.4 is 14.8 Å². The summed E-state index contributed by atoms with van der Waals surface area (Å²) in [6.45, 7) is 4.81. The number of benzene rings is 2. The predicted molar refractivity (Wildman–Crippen MR) is 146 cm³/mol. The monoisotopic (exact) mass is 636 g/mol. The number of unbranched alkanes of at least 4 members (excludes halogenated alkanes) is 1. The number of urea groups is 1. The summed E-state index contributed by atoms with van der Waals surface area (Å²) < 4.78 is 107. The first-order valence-corrected chi connectivity index (χ1v) is 14.1. The van der Waals surface area contributed by atoms with Crippen LogP contribution in [0.2, 0.25) is 0 Å². The number of ether oxygens (including phenoxy) is 2. The molecule has 0 bridgehead atoms. The molecule has 1 aliphatic heterocycles. The third-order valence-corrected chi connectivity index (χ3v) is 7.55. The Labute approximate surface area is 250 Å². The maximum atomic E-state index is 14.3. The van der Waals surface area contributed by atoms with Gasteiger partial charge in [-0.15, -0.1) is 0 Å². The number of amides is 3. The molecule has 2 aromatic rings. The van der Waals surface area contributed by atoms with Gasteiger partial charge in [-0.1, -0.05) is 32.8 Å². The number of imide groups is 1. The number of methoxy groups -OCH3 is 1. The van der Waals surface area contributed by atoms with E-state index in [1.165, 1.54) is 26.2 Å². The van der Waals surface area contributed by atoms with Crippen LogP contribution in [-0.4, -0.2) is 54.6 Å². The molecule has 2 aromatic carbocycles. The lowest BCUT2D eigenvalue weighted by Crippen LogP contribution is -2.54. The number of nitrogens with zero attached hydrogens (tertiary/aromatic N) is 1. The number of aliphatic hydroxyl groups is 1. The molecule has 0 saturated carbocycles. The number of halogens is 7. The lowest BCUT2D eigenvalue weighted by molar-refractivity contribution is -0.376. The molecule has 1 heterocycles. The van der Waals surface area contributed by atoms with Gasteiger partial charge in [-0.2, -0.15) is 26.3 Å². The minimum atomic E-state index is -6.02. The second-order valence-electron chi connectivity index (χ2n) is 10.7. The van der Waals surface area contributed by atoms with Crippen LogP contribution in [0.25, 0.3) is 0 Å². The lowest BCUT2D eigenvalue weighted by atomic mass is 9.87. The van der Waals surface area contributed by atoms with Crippen LogP contribution >= 0.6 is 0 Å². The van der Waals surface area contributed by atoms with Gasteiger partial charge in [0.2, 0.25) is 0 Å². The van der Waals surface area contributed by atoms with E-state index in [-0.39, 0.29) is 67.0 Å². The third-order valence-electron chi connectivity index (χ3n) is 7.55. The predicted octanol–water partition coefficient (Wildman–Crippen LogP) is 6.68. The molecule has 0 aliphatic carbocycles. The van der Waals surface area contributed by atoms with Crippen LogP contribution in [0.4, 0.5) is 35.5 Å². The normalized spacial score (nSPS) is 17.7. The van der Waals surface area contributed by atoms with Crippen molar-refractivity contribution >= 4 is 11.9 Å². The van der Waals surface area contributed by atoms with E-state index in [0.717, 1.165) is 11.0 Å². The van der Waals surface area contributed by atoms with Crippen molar-refractivity contribution < 1.29 is 54.9 Å². The standard InChI is InChI=1S/C30H35F7N2O5/c1-5-9-18-15-21(28(42,29(32,33)34)30(35,36)37)16-19(10-6-2)24(18)44-14-8-7-13-39-25(40)27(3,38-26(39)41)20-11-12-23(43-4)22(31)17-20/h11-12,15-17,42H,5-10,13-14H2,1-4H3,(H,38,41). The van der Waals surface area contributed by atoms with E-state index < -0.39 is 46.8 Å². The Bertz CT molecular complexity index is 1320. The highest BCUT2D eigenvalue weighted by atomic mass is 19.4. The molecule has 1 atom stereocenters. The summed E-state index contributed by atoms with van der Waals surface area (Å²) in [5.41, 5.74) is -7.48. The zero-order valence-corrected chi connectivity index (χ0v) is 24.7. The van der Waals surface area contributed by atoms with E-state index in [4.69, 9.17) is 9.47 Å². The number of rotatable bonds is 13. The summed E-state index contributed by atoms with van der Waals surface area (Å²) in [6, 6.07) is 4.61. The minimum absolute atomic E-state index is 0.0137. The summed E-state index contributed by atoms with van der Waals surface area (Å²) >= 11 is 0. The molecule has 3 amide bonds. The zero-order valence-electron chi connectivity index (χ0n) is 24.7. The average Bonchev–Trinajstić information content (AvgIpc) is 3.15. The van der Waals surface area contributed by atoms with Gasteiger partial charge >= 0.3 is 18.4 Å². The van der Waals surface area contributed by atoms with E-state index in [1.807, 2.05) is 0 Å². The first-order valence-electron chi connectivity index (χ1n) is 14.1. The van der Waals surface area contributed by atoms with Crippen molar-refractivity contribution in [3.63, 3.8) is 0 Å². The molecule has 244 valence electrons. The maximum absolute atomic E-state index is 14.3. The van der Waals surface area contributed by atoms with Crippen LogP contribution in [0.5, 0.6) is 11.5 Å². The van der Waals surface area contributed by atoms with Gasteiger partial charge in [-0.05, 0) is 73.6 Å². The lowest BCUT2D eigenvalue weighted by Gasteiger charge is -2.33. The third kappa shape index (κ3) is 6.59. The molecule has 44 heavy (non-hydrogen) atoms. The molecule has 3 rings (SSSR count). The molecule has 1 unspecified atom stereocenters. The number of alkyl halides is 6. The first kappa shape index (κ1) is 34.9. The number of carbonyl (C=O) groups excluding carboxylic acids is 2. The molecular weight excluding hydrogens is 601 g/mol. The molecule has 1 aliphatic rings. The second-order valence-corrected chi connectivity index (χ2v) is 10.7. The topological polar surface area (TPSA) is 88.1 Å². The molecular formula is C30H35F7N2O5. The van der Waals surface area contributed by atoms with Gasteiger partial charge < -0.3 is 19.9 Å². The Hall–Kier alpha value is -3.55. The zero-order chi connectivity index (χ0) is 33.1. The molecule has 0 radical (unpaired) electrons. The number of nitrogens with one attached hydrogen (secondary N) is 1. The fourth-order valence-corrected chi connectivity index (χ4v) is 5.17. The van der Waals surface area contributed by atoms with Crippen LogP contribution in [0.3, 0.4) is 0 Å². The summed E-state index contributed by atoms with van der Waals surface area (Å²) in [4.78, 5) is 26.8. The minimum Gasteiger partial charge on any atom is -0.494 e. The molecule has 0 aromatic heterocycles. The molecule has 1 fully saturated rings. The summed E-state index contributed by atoms with van der Waals surface area (Å²) in [5, 5.41) is 12.6. The van der Waals surface area contributed by atoms with E-state index in [2.05, 4.69) is 5.32 Å². The highest BCUT2D eigenvalue weighted by molar-refractivity contribution is 6.07. The highest BCUT2D eigenvalue weighted by Crippen LogP contribution is 2.51. The van der Waals surface area contributed by atoms with Crippen molar-refractivity contribution in [2.24, 2.45) is 0 Å². The Morgan fingerprint density at radius 3 is 1.98 bits per heavy atom. The summed E-state index contributed by atoms with van der Waals surface area (Å²) in [7, 11) is 1.29. The molecule has 7 nitrogen and oxygen atoms in total. The Morgan fingerprint density at radius 2 is 1.50 bits per heavy atom. The molecule has 0 spiro atoms. The van der Waals surface area contributed by atoms with Crippen molar-refractivity contribution in [3.05, 3.63) is 58.4 Å². The Balaban J connectivity index is 1.75. The summed E-state index contributed by atoms with van der Waals surface area (Å²) in [6.07, 6.45) is -10.5. The highest BCUT2D eigenvalue weighted by Gasteiger charge is 2.71. The van der Waals surface area contributed by atoms with Crippen LogP contribution in [-0.2, 0) is 28.8 Å². The molecule has 2 N–H and O–H groups in total. The first-order chi connectivity index (χ1) is 20.5. The number of carbonyl (C=O) groups is 2. The van der Waals surface area contributed by atoms with Gasteiger partial charge in [0, 0.05) is 12.1 Å². The molecule has 14 heteroatoms. The molecule has 1 saturated heterocycles. The van der Waals surface area contributed by atoms with Gasteiger partial charge in [0.05, 0.1) is 13.7 Å². The van der Waals surface area contributed by atoms with Gasteiger partial charge in [-0.25, -0.2) is 9.18 Å². The largest absolute Gasteiger partial charge is 0.494 e. The van der Waals surface area contributed by atoms with Gasteiger partial charge in [0.25, 0.3) is 11.5 Å². The maximum Gasteiger partial charge on any atom is 0.430 e. The fourth-order valence-electron chi connectivity index (χ4n) is 5.17. The number of aryl methyl sites for hydroxylation is 2. The van der Waals surface area contributed by atoms with Crippen molar-refractivity contribution in [1.82, 2.24) is 10.2 Å².